The molecule has 7 nitrogen and oxygen atoms in total. The van der Waals surface area contributed by atoms with Crippen LogP contribution in [0.4, 0.5) is 10.5 Å². The summed E-state index contributed by atoms with van der Waals surface area (Å²) in [6.07, 6.45) is 4.47. The van der Waals surface area contributed by atoms with Crippen molar-refractivity contribution in [2.45, 2.75) is 32.1 Å². The van der Waals surface area contributed by atoms with Crippen LogP contribution in [0.15, 0.2) is 18.2 Å². The first-order valence-corrected chi connectivity index (χ1v) is 9.33. The van der Waals surface area contributed by atoms with Crippen LogP contribution in [-0.2, 0) is 4.79 Å². The second kappa shape index (κ2) is 8.78. The smallest absolute Gasteiger partial charge is 0.321 e. The minimum Gasteiger partial charge on any atom is -0.486 e. The molecule has 3 amide bonds. The van der Waals surface area contributed by atoms with E-state index < -0.39 is 0 Å². The predicted molar refractivity (Wildman–Crippen MR) is 98.7 cm³/mol. The summed E-state index contributed by atoms with van der Waals surface area (Å²) in [5.41, 5.74) is 0.664. The Hall–Kier alpha value is -2.44. The highest BCUT2D eigenvalue weighted by Crippen LogP contribution is 2.32. The highest BCUT2D eigenvalue weighted by atomic mass is 16.6. The summed E-state index contributed by atoms with van der Waals surface area (Å²) in [6.45, 7) is 2.93. The number of carbonyl (C=O) groups excluding carboxylic acids is 2. The Kier molecular flexibility index (Phi) is 6.20. The molecular weight excluding hydrogens is 334 g/mol. The fourth-order valence-corrected chi connectivity index (χ4v) is 3.19. The van der Waals surface area contributed by atoms with Gasteiger partial charge in [0, 0.05) is 44.9 Å². The molecule has 7 heteroatoms. The molecule has 0 saturated carbocycles. The van der Waals surface area contributed by atoms with Crippen LogP contribution in [0, 0.1) is 0 Å². The molecule has 2 heterocycles. The first-order chi connectivity index (χ1) is 12.6. The third-order valence-electron chi connectivity index (χ3n) is 4.77. The van der Waals surface area contributed by atoms with E-state index in [9.17, 15) is 9.59 Å². The number of anilines is 1. The van der Waals surface area contributed by atoms with Crippen molar-refractivity contribution < 1.29 is 19.1 Å². The minimum atomic E-state index is -0.184. The van der Waals surface area contributed by atoms with Crippen molar-refractivity contribution in [3.05, 3.63) is 18.2 Å². The van der Waals surface area contributed by atoms with Crippen molar-refractivity contribution in [3.63, 3.8) is 0 Å². The Morgan fingerprint density at radius 1 is 1.00 bits per heavy atom. The Morgan fingerprint density at radius 2 is 1.73 bits per heavy atom. The maximum absolute atomic E-state index is 12.7. The molecule has 0 atom stereocenters. The third kappa shape index (κ3) is 4.80. The number of rotatable bonds is 1. The van der Waals surface area contributed by atoms with Crippen LogP contribution in [0.2, 0.25) is 0 Å². The Balaban J connectivity index is 1.63. The summed E-state index contributed by atoms with van der Waals surface area (Å²) in [6, 6.07) is 5.19. The van der Waals surface area contributed by atoms with Crippen molar-refractivity contribution in [2.75, 3.05) is 45.2 Å². The summed E-state index contributed by atoms with van der Waals surface area (Å²) in [7, 11) is 1.83. The second-order valence-electron chi connectivity index (χ2n) is 6.76. The fraction of sp³-hybridized carbons (Fsp3) is 0.579. The second-order valence-corrected chi connectivity index (χ2v) is 6.76. The molecule has 2 aliphatic rings. The molecule has 26 heavy (non-hydrogen) atoms. The van der Waals surface area contributed by atoms with Gasteiger partial charge in [0.05, 0.1) is 0 Å². The van der Waals surface area contributed by atoms with Gasteiger partial charge in [-0.1, -0.05) is 12.8 Å². The molecule has 0 aromatic heterocycles. The van der Waals surface area contributed by atoms with Gasteiger partial charge in [-0.05, 0) is 25.0 Å². The number of hydrogen-bond acceptors (Lipinski definition) is 4. The standard InChI is InChI=1S/C19H27N3O4/c1-21-9-4-2-3-5-10-22(11-8-18(21)23)19(24)20-15-6-7-16-17(14-15)26-13-12-25-16/h6-7,14H,2-5,8-13H2,1H3,(H,20,24). The van der Waals surface area contributed by atoms with Crippen LogP contribution in [0.1, 0.15) is 32.1 Å². The Morgan fingerprint density at radius 3 is 2.54 bits per heavy atom. The summed E-state index contributed by atoms with van der Waals surface area (Å²) in [4.78, 5) is 28.4. The largest absolute Gasteiger partial charge is 0.486 e. The van der Waals surface area contributed by atoms with E-state index in [1.54, 1.807) is 28.0 Å². The summed E-state index contributed by atoms with van der Waals surface area (Å²) in [5.74, 6) is 1.42. The van der Waals surface area contributed by atoms with E-state index in [0.29, 0.717) is 49.9 Å². The van der Waals surface area contributed by atoms with E-state index in [1.165, 1.54) is 0 Å². The van der Waals surface area contributed by atoms with Gasteiger partial charge in [0.25, 0.3) is 0 Å². The van der Waals surface area contributed by atoms with Gasteiger partial charge in [-0.15, -0.1) is 0 Å². The molecule has 3 rings (SSSR count). The summed E-state index contributed by atoms with van der Waals surface area (Å²) >= 11 is 0. The first-order valence-electron chi connectivity index (χ1n) is 9.33. The topological polar surface area (TPSA) is 71.1 Å². The predicted octanol–water partition coefficient (Wildman–Crippen LogP) is 2.71. The zero-order valence-electron chi connectivity index (χ0n) is 15.3. The molecule has 0 radical (unpaired) electrons. The molecule has 0 aliphatic carbocycles. The van der Waals surface area contributed by atoms with Crippen molar-refractivity contribution in [1.82, 2.24) is 9.80 Å². The molecule has 2 aliphatic heterocycles. The molecule has 0 unspecified atom stereocenters. The molecule has 1 N–H and O–H groups in total. The molecule has 1 saturated heterocycles. The van der Waals surface area contributed by atoms with E-state index >= 15 is 0 Å². The Labute approximate surface area is 154 Å². The number of amides is 3. The SMILES string of the molecule is CN1CCCCCCN(C(=O)Nc2ccc3c(c2)OCCO3)CCC1=O. The Bertz CT molecular complexity index is 650. The van der Waals surface area contributed by atoms with Gasteiger partial charge in [0.1, 0.15) is 13.2 Å². The monoisotopic (exact) mass is 361 g/mol. The normalized spacial score (nSPS) is 18.9. The molecule has 0 bridgehead atoms. The minimum absolute atomic E-state index is 0.0871. The molecule has 0 spiro atoms. The van der Waals surface area contributed by atoms with Gasteiger partial charge >= 0.3 is 6.03 Å². The lowest BCUT2D eigenvalue weighted by Crippen LogP contribution is -2.38. The molecular formula is C19H27N3O4. The van der Waals surface area contributed by atoms with Crippen molar-refractivity contribution in [3.8, 4) is 11.5 Å². The first kappa shape index (κ1) is 18.4. The van der Waals surface area contributed by atoms with Crippen LogP contribution < -0.4 is 14.8 Å². The van der Waals surface area contributed by atoms with Crippen molar-refractivity contribution >= 4 is 17.6 Å². The van der Waals surface area contributed by atoms with E-state index in [2.05, 4.69) is 5.32 Å². The highest BCUT2D eigenvalue weighted by Gasteiger charge is 2.19. The average Bonchev–Trinajstić information content (AvgIpc) is 2.68. The maximum Gasteiger partial charge on any atom is 0.321 e. The van der Waals surface area contributed by atoms with Gasteiger partial charge in [-0.2, -0.15) is 0 Å². The highest BCUT2D eigenvalue weighted by molar-refractivity contribution is 5.90. The maximum atomic E-state index is 12.7. The van der Waals surface area contributed by atoms with E-state index in [0.717, 1.165) is 32.2 Å². The van der Waals surface area contributed by atoms with Gasteiger partial charge in [0.15, 0.2) is 11.5 Å². The molecule has 1 aromatic rings. The average molecular weight is 361 g/mol. The number of nitrogens with zero attached hydrogens (tertiary/aromatic N) is 2. The quantitative estimate of drug-likeness (QED) is 0.835. The number of benzene rings is 1. The van der Waals surface area contributed by atoms with Gasteiger partial charge in [0.2, 0.25) is 5.91 Å². The zero-order chi connectivity index (χ0) is 18.4. The molecule has 142 valence electrons. The molecule has 1 fully saturated rings. The summed E-state index contributed by atoms with van der Waals surface area (Å²) < 4.78 is 11.1. The number of nitrogens with one attached hydrogen (secondary N) is 1. The van der Waals surface area contributed by atoms with E-state index in [1.807, 2.05) is 7.05 Å². The summed E-state index contributed by atoms with van der Waals surface area (Å²) in [5, 5.41) is 2.91. The van der Waals surface area contributed by atoms with Crippen LogP contribution in [-0.4, -0.2) is 61.6 Å². The number of carbonyl (C=O) groups is 2. The lowest BCUT2D eigenvalue weighted by Gasteiger charge is -2.24. The third-order valence-corrected chi connectivity index (χ3v) is 4.77. The van der Waals surface area contributed by atoms with Crippen LogP contribution >= 0.6 is 0 Å². The van der Waals surface area contributed by atoms with Gasteiger partial charge < -0.3 is 24.6 Å². The number of urea groups is 1. The fourth-order valence-electron chi connectivity index (χ4n) is 3.19. The van der Waals surface area contributed by atoms with E-state index in [4.69, 9.17) is 9.47 Å². The van der Waals surface area contributed by atoms with E-state index in [-0.39, 0.29) is 11.9 Å². The van der Waals surface area contributed by atoms with Crippen molar-refractivity contribution in [2.24, 2.45) is 0 Å². The number of fused-ring (bicyclic) bond motifs is 1. The van der Waals surface area contributed by atoms with Crippen molar-refractivity contribution in [1.29, 1.82) is 0 Å². The lowest BCUT2D eigenvalue weighted by atomic mass is 10.2. The van der Waals surface area contributed by atoms with Gasteiger partial charge in [-0.3, -0.25) is 4.79 Å². The van der Waals surface area contributed by atoms with Crippen LogP contribution in [0.3, 0.4) is 0 Å². The van der Waals surface area contributed by atoms with Crippen LogP contribution in [0.5, 0.6) is 11.5 Å². The number of ether oxygens (including phenoxy) is 2. The van der Waals surface area contributed by atoms with Crippen LogP contribution in [0.25, 0.3) is 0 Å². The van der Waals surface area contributed by atoms with Gasteiger partial charge in [-0.25, -0.2) is 4.79 Å². The number of hydrogen-bond donors (Lipinski definition) is 1. The molecule has 1 aromatic carbocycles. The lowest BCUT2D eigenvalue weighted by molar-refractivity contribution is -0.130. The zero-order valence-corrected chi connectivity index (χ0v) is 15.3.